The lowest BCUT2D eigenvalue weighted by Gasteiger charge is -2.07. The monoisotopic (exact) mass is 245 g/mol. The zero-order valence-electron chi connectivity index (χ0n) is 13.9. The summed E-state index contributed by atoms with van der Waals surface area (Å²) in [5.74, 6) is 0.0178. The normalized spacial score (nSPS) is 17.6. The van der Waals surface area contributed by atoms with Gasteiger partial charge in [0.15, 0.2) is 0 Å². The summed E-state index contributed by atoms with van der Waals surface area (Å²) in [6.45, 7) is 1.84. The van der Waals surface area contributed by atoms with Crippen molar-refractivity contribution in [3.05, 3.63) is 41.6 Å². The number of phenols is 1. The van der Waals surface area contributed by atoms with Gasteiger partial charge in [0.2, 0.25) is 5.95 Å². The molecule has 1 aliphatic rings. The first kappa shape index (κ1) is 7.36. The Balaban J connectivity index is 2.03. The molecule has 0 atom stereocenters. The van der Waals surface area contributed by atoms with Crippen molar-refractivity contribution in [3.8, 4) is 5.75 Å². The number of rotatable bonds is 3. The second-order valence-corrected chi connectivity index (χ2v) is 4.38. The van der Waals surface area contributed by atoms with Gasteiger partial charge in [-0.2, -0.15) is 0 Å². The molecule has 0 unspecified atom stereocenters. The van der Waals surface area contributed by atoms with Crippen molar-refractivity contribution >= 4 is 11.6 Å². The largest absolute Gasteiger partial charge is 0.508 e. The number of hydrogen-bond acceptors (Lipinski definition) is 4. The molecule has 0 aliphatic heterocycles. The maximum absolute atomic E-state index is 9.55. The molecular weight excluding hydrogens is 226 g/mol. The fraction of sp³-hybridized carbons (Fsp3) is 0.286. The molecule has 1 saturated carbocycles. The highest BCUT2D eigenvalue weighted by Gasteiger charge is 2.25. The van der Waals surface area contributed by atoms with E-state index in [4.69, 9.17) is 5.48 Å². The zero-order chi connectivity index (χ0) is 16.0. The molecule has 0 radical (unpaired) electrons. The summed E-state index contributed by atoms with van der Waals surface area (Å²) >= 11 is 0. The number of hydrogen-bond donors (Lipinski definition) is 2. The summed E-state index contributed by atoms with van der Waals surface area (Å²) in [4.78, 5) is 8.61. The van der Waals surface area contributed by atoms with Crippen LogP contribution in [0, 0.1) is 6.92 Å². The van der Waals surface area contributed by atoms with Crippen LogP contribution in [0.25, 0.3) is 0 Å². The highest BCUT2D eigenvalue weighted by atomic mass is 16.3. The Morgan fingerprint density at radius 2 is 2.00 bits per heavy atom. The molecule has 2 aromatic rings. The van der Waals surface area contributed by atoms with Gasteiger partial charge in [-0.25, -0.2) is 9.97 Å². The average molecular weight is 245 g/mol. The van der Waals surface area contributed by atoms with Gasteiger partial charge in [-0.1, -0.05) is 0 Å². The van der Waals surface area contributed by atoms with Gasteiger partial charge < -0.3 is 10.4 Å². The minimum absolute atomic E-state index is 0.0415. The third kappa shape index (κ3) is 2.42. The van der Waals surface area contributed by atoms with Crippen LogP contribution in [-0.4, -0.2) is 15.1 Å². The summed E-state index contributed by atoms with van der Waals surface area (Å²) in [5, 5.41) is 12.3. The van der Waals surface area contributed by atoms with Crippen LogP contribution < -0.4 is 5.32 Å². The molecule has 1 heterocycles. The molecule has 0 saturated heterocycles. The number of aromatic hydroxyl groups is 1. The standard InChI is InChI=1S/C14H15N3O/c1-9-8-13(10-2-3-10)17-14(15-9)16-11-4-6-12(18)7-5-11/h4-8,10,18H,2-3H2,1H3,(H,15,16,17)/i4D,5D,6D,7D. The molecule has 4 heteroatoms. The van der Waals surface area contributed by atoms with E-state index >= 15 is 0 Å². The van der Waals surface area contributed by atoms with Crippen LogP contribution in [0.4, 0.5) is 11.6 Å². The van der Waals surface area contributed by atoms with E-state index in [1.807, 2.05) is 13.0 Å². The average Bonchev–Trinajstić information content (AvgIpc) is 3.32. The van der Waals surface area contributed by atoms with Gasteiger partial charge in [0.1, 0.15) is 5.75 Å². The lowest BCUT2D eigenvalue weighted by molar-refractivity contribution is 0.475. The maximum atomic E-state index is 9.55. The first-order chi connectivity index (χ1) is 10.4. The van der Waals surface area contributed by atoms with Crippen LogP contribution in [0.15, 0.2) is 30.2 Å². The molecule has 0 amide bonds. The number of aromatic nitrogens is 2. The molecule has 1 aromatic carbocycles. The SMILES string of the molecule is [2H]c1c([2H])c(Nc2nc(C)cc(C3CC3)n2)c([2H])c([2H])c1O. The molecular formula is C14H15N3O. The lowest BCUT2D eigenvalue weighted by Crippen LogP contribution is -2.01. The van der Waals surface area contributed by atoms with E-state index in [0.29, 0.717) is 5.92 Å². The Labute approximate surface area is 111 Å². The Kier molecular flexibility index (Phi) is 1.75. The van der Waals surface area contributed by atoms with Gasteiger partial charge in [-0.15, -0.1) is 0 Å². The molecule has 3 rings (SSSR count). The van der Waals surface area contributed by atoms with Crippen molar-refractivity contribution in [2.45, 2.75) is 25.7 Å². The predicted octanol–water partition coefficient (Wildman–Crippen LogP) is 3.11. The fourth-order valence-electron chi connectivity index (χ4n) is 1.72. The van der Waals surface area contributed by atoms with E-state index in [0.717, 1.165) is 24.2 Å². The minimum atomic E-state index is -0.663. The van der Waals surface area contributed by atoms with Gasteiger partial charge in [-0.05, 0) is 50.0 Å². The van der Waals surface area contributed by atoms with Gasteiger partial charge in [0.05, 0.1) is 5.48 Å². The highest BCUT2D eigenvalue weighted by Crippen LogP contribution is 2.39. The summed E-state index contributed by atoms with van der Waals surface area (Å²) in [6.07, 6.45) is 2.19. The molecule has 0 spiro atoms. The molecule has 18 heavy (non-hydrogen) atoms. The number of anilines is 2. The summed E-state index contributed by atoms with van der Waals surface area (Å²) in [5.41, 5.74) is 1.65. The van der Waals surface area contributed by atoms with Crippen LogP contribution in [0.5, 0.6) is 5.75 Å². The van der Waals surface area contributed by atoms with Gasteiger partial charge in [-0.3, -0.25) is 0 Å². The van der Waals surface area contributed by atoms with Gasteiger partial charge >= 0.3 is 0 Å². The van der Waals surface area contributed by atoms with E-state index in [1.54, 1.807) is 0 Å². The van der Waals surface area contributed by atoms with Gasteiger partial charge in [0.25, 0.3) is 0 Å². The summed E-state index contributed by atoms with van der Waals surface area (Å²) in [6, 6.07) is 0.236. The third-order valence-electron chi connectivity index (χ3n) is 2.72. The van der Waals surface area contributed by atoms with E-state index in [1.165, 1.54) is 0 Å². The van der Waals surface area contributed by atoms with Crippen molar-refractivity contribution in [3.63, 3.8) is 0 Å². The van der Waals surface area contributed by atoms with Crippen molar-refractivity contribution in [1.82, 2.24) is 9.97 Å². The first-order valence-electron chi connectivity index (χ1n) is 7.80. The predicted molar refractivity (Wildman–Crippen MR) is 70.1 cm³/mol. The molecule has 92 valence electrons. The number of nitrogens with zero attached hydrogens (tertiary/aromatic N) is 2. The number of phenolic OH excluding ortho intramolecular Hbond substituents is 1. The lowest BCUT2D eigenvalue weighted by atomic mass is 10.2. The maximum Gasteiger partial charge on any atom is 0.227 e. The summed E-state index contributed by atoms with van der Waals surface area (Å²) in [7, 11) is 0. The quantitative estimate of drug-likeness (QED) is 0.816. The number of benzene rings is 1. The van der Waals surface area contributed by atoms with Crippen LogP contribution in [-0.2, 0) is 0 Å². The van der Waals surface area contributed by atoms with Crippen LogP contribution in [0.3, 0.4) is 0 Å². The van der Waals surface area contributed by atoms with Crippen LogP contribution in [0.1, 0.15) is 35.6 Å². The van der Waals surface area contributed by atoms with Gasteiger partial charge in [0, 0.05) is 23.0 Å². The van der Waals surface area contributed by atoms with E-state index in [9.17, 15) is 5.11 Å². The van der Waals surface area contributed by atoms with E-state index in [2.05, 4.69) is 15.3 Å². The van der Waals surface area contributed by atoms with Crippen LogP contribution in [0.2, 0.25) is 0 Å². The number of nitrogens with one attached hydrogen (secondary N) is 1. The van der Waals surface area contributed by atoms with Crippen molar-refractivity contribution in [2.24, 2.45) is 0 Å². The molecule has 0 bridgehead atoms. The van der Waals surface area contributed by atoms with Crippen LogP contribution >= 0.6 is 0 Å². The topological polar surface area (TPSA) is 58.0 Å². The Morgan fingerprint density at radius 3 is 2.67 bits per heavy atom. The van der Waals surface area contributed by atoms with E-state index < -0.39 is 17.8 Å². The first-order valence-corrected chi connectivity index (χ1v) is 5.80. The smallest absolute Gasteiger partial charge is 0.227 e. The summed E-state index contributed by atoms with van der Waals surface area (Å²) < 4.78 is 31.0. The number of aryl methyl sites for hydroxylation is 1. The Hall–Kier alpha value is -2.10. The third-order valence-corrected chi connectivity index (χ3v) is 2.72. The van der Waals surface area contributed by atoms with E-state index in [-0.39, 0.29) is 23.7 Å². The Bertz CT molecular complexity index is 733. The molecule has 1 aromatic heterocycles. The fourth-order valence-corrected chi connectivity index (χ4v) is 1.72. The molecule has 4 nitrogen and oxygen atoms in total. The molecule has 2 N–H and O–H groups in total. The second kappa shape index (κ2) is 4.29. The van der Waals surface area contributed by atoms with Crippen molar-refractivity contribution in [2.75, 3.05) is 5.32 Å². The second-order valence-electron chi connectivity index (χ2n) is 4.38. The minimum Gasteiger partial charge on any atom is -0.508 e. The highest BCUT2D eigenvalue weighted by molar-refractivity contribution is 5.54. The zero-order valence-corrected chi connectivity index (χ0v) is 9.91. The molecule has 1 aliphatic carbocycles. The Morgan fingerprint density at radius 1 is 1.28 bits per heavy atom. The molecule has 1 fully saturated rings. The van der Waals surface area contributed by atoms with Crippen molar-refractivity contribution < 1.29 is 10.6 Å². The van der Waals surface area contributed by atoms with Crippen molar-refractivity contribution in [1.29, 1.82) is 0 Å².